The van der Waals surface area contributed by atoms with Crippen molar-refractivity contribution in [2.24, 2.45) is 10.5 Å². The number of carbonyl (C=O) groups excluding carboxylic acids is 2. The number of ether oxygens (including phenoxy) is 2. The van der Waals surface area contributed by atoms with Crippen LogP contribution in [0.15, 0.2) is 29.4 Å². The third kappa shape index (κ3) is 5.09. The molecular weight excluding hydrogens is 296 g/mol. The molecule has 0 spiro atoms. The van der Waals surface area contributed by atoms with E-state index in [4.69, 9.17) is 9.47 Å². The monoisotopic (exact) mass is 318 g/mol. The van der Waals surface area contributed by atoms with E-state index < -0.39 is 0 Å². The van der Waals surface area contributed by atoms with E-state index >= 15 is 0 Å². The Morgan fingerprint density at radius 2 is 1.96 bits per heavy atom. The Morgan fingerprint density at radius 1 is 1.26 bits per heavy atom. The topological polar surface area (TPSA) is 77.0 Å². The van der Waals surface area contributed by atoms with Gasteiger partial charge in [0.05, 0.1) is 7.11 Å². The third-order valence-electron chi connectivity index (χ3n) is 3.53. The van der Waals surface area contributed by atoms with Crippen molar-refractivity contribution in [2.75, 3.05) is 13.7 Å². The summed E-state index contributed by atoms with van der Waals surface area (Å²) in [6, 6.07) is 7.09. The first-order chi connectivity index (χ1) is 10.9. The summed E-state index contributed by atoms with van der Waals surface area (Å²) in [6.45, 7) is 3.87. The van der Waals surface area contributed by atoms with Gasteiger partial charge in [-0.3, -0.25) is 9.59 Å². The number of benzene rings is 1. The number of carbonyl (C=O) groups is 2. The maximum Gasteiger partial charge on any atom is 0.277 e. The van der Waals surface area contributed by atoms with Crippen LogP contribution in [0.3, 0.4) is 0 Å². The molecule has 1 fully saturated rings. The number of hydrogen-bond acceptors (Lipinski definition) is 5. The van der Waals surface area contributed by atoms with Gasteiger partial charge >= 0.3 is 0 Å². The zero-order valence-corrected chi connectivity index (χ0v) is 13.7. The molecule has 1 aliphatic carbocycles. The molecule has 0 radical (unpaired) electrons. The number of Topliss-reactive ketones (excluding diaryl/α,β-unsaturated/α-hetero) is 1. The van der Waals surface area contributed by atoms with Crippen LogP contribution >= 0.6 is 0 Å². The standard InChI is InChI=1S/C17H22N2O4/c1-17(2)9-12(8-13(20)10-17)18-19-16(21)11-23-15-7-5-4-6-14(15)22-3/h4-7H,8-11H2,1-3H3,(H,19,21). The summed E-state index contributed by atoms with van der Waals surface area (Å²) >= 11 is 0. The summed E-state index contributed by atoms with van der Waals surface area (Å²) in [7, 11) is 1.54. The zero-order chi connectivity index (χ0) is 16.9. The second-order valence-corrected chi connectivity index (χ2v) is 6.39. The summed E-state index contributed by atoms with van der Waals surface area (Å²) in [5.74, 6) is 0.830. The maximum atomic E-state index is 11.8. The van der Waals surface area contributed by atoms with E-state index in [9.17, 15) is 9.59 Å². The fourth-order valence-corrected chi connectivity index (χ4v) is 2.64. The minimum absolute atomic E-state index is 0.104. The smallest absolute Gasteiger partial charge is 0.277 e. The average molecular weight is 318 g/mol. The van der Waals surface area contributed by atoms with Gasteiger partial charge < -0.3 is 9.47 Å². The number of para-hydroxylation sites is 2. The molecule has 0 unspecified atom stereocenters. The molecule has 1 aliphatic rings. The van der Waals surface area contributed by atoms with Crippen molar-refractivity contribution < 1.29 is 19.1 Å². The van der Waals surface area contributed by atoms with E-state index in [0.717, 1.165) is 0 Å². The van der Waals surface area contributed by atoms with Gasteiger partial charge in [-0.05, 0) is 24.0 Å². The molecule has 0 bridgehead atoms. The molecule has 2 rings (SSSR count). The van der Waals surface area contributed by atoms with Crippen LogP contribution in [-0.4, -0.2) is 31.1 Å². The number of amides is 1. The van der Waals surface area contributed by atoms with Gasteiger partial charge in [-0.15, -0.1) is 0 Å². The Hall–Kier alpha value is -2.37. The van der Waals surface area contributed by atoms with E-state index in [1.807, 2.05) is 19.9 Å². The lowest BCUT2D eigenvalue weighted by Gasteiger charge is -2.28. The fraction of sp³-hybridized carbons (Fsp3) is 0.471. The Balaban J connectivity index is 1.87. The molecule has 6 heteroatoms. The number of nitrogens with zero attached hydrogens (tertiary/aromatic N) is 1. The first-order valence-electron chi connectivity index (χ1n) is 7.51. The average Bonchev–Trinajstić information content (AvgIpc) is 2.49. The van der Waals surface area contributed by atoms with Crippen molar-refractivity contribution in [3.8, 4) is 11.5 Å². The van der Waals surface area contributed by atoms with Crippen LogP contribution in [0.5, 0.6) is 11.5 Å². The van der Waals surface area contributed by atoms with E-state index in [1.165, 1.54) is 7.11 Å². The van der Waals surface area contributed by atoms with Gasteiger partial charge in [-0.25, -0.2) is 5.43 Å². The molecule has 0 heterocycles. The molecule has 1 saturated carbocycles. The van der Waals surface area contributed by atoms with Crippen molar-refractivity contribution in [3.05, 3.63) is 24.3 Å². The van der Waals surface area contributed by atoms with Crippen molar-refractivity contribution >= 4 is 17.4 Å². The van der Waals surface area contributed by atoms with Crippen LogP contribution in [0.4, 0.5) is 0 Å². The number of hydrazone groups is 1. The van der Waals surface area contributed by atoms with Crippen LogP contribution in [0, 0.1) is 5.41 Å². The highest BCUT2D eigenvalue weighted by molar-refractivity contribution is 6.05. The highest BCUT2D eigenvalue weighted by atomic mass is 16.5. The van der Waals surface area contributed by atoms with E-state index in [-0.39, 0.29) is 23.7 Å². The summed E-state index contributed by atoms with van der Waals surface area (Å²) in [5.41, 5.74) is 3.05. The molecule has 1 aromatic rings. The van der Waals surface area contributed by atoms with Crippen LogP contribution in [0.2, 0.25) is 0 Å². The van der Waals surface area contributed by atoms with E-state index in [1.54, 1.807) is 18.2 Å². The highest BCUT2D eigenvalue weighted by Gasteiger charge is 2.30. The Bertz CT molecular complexity index is 623. The summed E-state index contributed by atoms with van der Waals surface area (Å²) in [6.07, 6.45) is 1.56. The molecule has 0 saturated heterocycles. The SMILES string of the molecule is COc1ccccc1OCC(=O)NN=C1CC(=O)CC(C)(C)C1. The molecule has 1 aromatic carbocycles. The van der Waals surface area contributed by atoms with Crippen molar-refractivity contribution in [1.29, 1.82) is 0 Å². The Morgan fingerprint density at radius 3 is 2.61 bits per heavy atom. The van der Waals surface area contributed by atoms with Gasteiger partial charge in [0.1, 0.15) is 5.78 Å². The molecule has 0 atom stereocenters. The normalized spacial score (nSPS) is 18.6. The van der Waals surface area contributed by atoms with Gasteiger partial charge in [-0.1, -0.05) is 26.0 Å². The van der Waals surface area contributed by atoms with Crippen LogP contribution in [-0.2, 0) is 9.59 Å². The lowest BCUT2D eigenvalue weighted by Crippen LogP contribution is -2.32. The Labute approximate surface area is 135 Å². The van der Waals surface area contributed by atoms with Crippen LogP contribution in [0.1, 0.15) is 33.1 Å². The second-order valence-electron chi connectivity index (χ2n) is 6.39. The van der Waals surface area contributed by atoms with Gasteiger partial charge in [-0.2, -0.15) is 5.10 Å². The molecule has 6 nitrogen and oxygen atoms in total. The van der Waals surface area contributed by atoms with Gasteiger partial charge in [0.15, 0.2) is 18.1 Å². The summed E-state index contributed by atoms with van der Waals surface area (Å²) < 4.78 is 10.6. The highest BCUT2D eigenvalue weighted by Crippen LogP contribution is 2.31. The molecular formula is C17H22N2O4. The van der Waals surface area contributed by atoms with E-state index in [0.29, 0.717) is 36.5 Å². The van der Waals surface area contributed by atoms with Crippen LogP contribution in [0.25, 0.3) is 0 Å². The molecule has 0 aromatic heterocycles. The lowest BCUT2D eigenvalue weighted by molar-refractivity contribution is -0.123. The zero-order valence-electron chi connectivity index (χ0n) is 13.7. The number of rotatable bonds is 5. The molecule has 23 heavy (non-hydrogen) atoms. The van der Waals surface area contributed by atoms with Crippen molar-refractivity contribution in [3.63, 3.8) is 0 Å². The van der Waals surface area contributed by atoms with Crippen molar-refractivity contribution in [1.82, 2.24) is 5.43 Å². The van der Waals surface area contributed by atoms with Gasteiger partial charge in [0.25, 0.3) is 5.91 Å². The van der Waals surface area contributed by atoms with Crippen molar-refractivity contribution in [2.45, 2.75) is 33.1 Å². The number of hydrogen-bond donors (Lipinski definition) is 1. The lowest BCUT2D eigenvalue weighted by atomic mass is 9.76. The third-order valence-corrected chi connectivity index (χ3v) is 3.53. The van der Waals surface area contributed by atoms with Crippen LogP contribution < -0.4 is 14.9 Å². The minimum atomic E-state index is -0.376. The minimum Gasteiger partial charge on any atom is -0.493 e. The molecule has 124 valence electrons. The maximum absolute atomic E-state index is 11.8. The second kappa shape index (κ2) is 7.26. The first-order valence-corrected chi connectivity index (χ1v) is 7.51. The molecule has 1 amide bonds. The fourth-order valence-electron chi connectivity index (χ4n) is 2.64. The predicted molar refractivity (Wildman–Crippen MR) is 86.7 cm³/mol. The van der Waals surface area contributed by atoms with Gasteiger partial charge in [0.2, 0.25) is 0 Å². The predicted octanol–water partition coefficient (Wildman–Crippen LogP) is 2.33. The van der Waals surface area contributed by atoms with E-state index in [2.05, 4.69) is 10.5 Å². The quantitative estimate of drug-likeness (QED) is 0.845. The largest absolute Gasteiger partial charge is 0.493 e. The van der Waals surface area contributed by atoms with Gasteiger partial charge in [0, 0.05) is 18.6 Å². The number of ketones is 1. The Kier molecular flexibility index (Phi) is 5.36. The first kappa shape index (κ1) is 17.0. The molecule has 0 aliphatic heterocycles. The molecule has 1 N–H and O–H groups in total. The number of methoxy groups -OCH3 is 1. The number of nitrogens with one attached hydrogen (secondary N) is 1. The summed E-state index contributed by atoms with van der Waals surface area (Å²) in [4.78, 5) is 23.5. The summed E-state index contributed by atoms with van der Waals surface area (Å²) in [5, 5.41) is 4.07.